The third-order valence-electron chi connectivity index (χ3n) is 4.26. The highest BCUT2D eigenvalue weighted by atomic mass is 32.2. The molecule has 5 unspecified atom stereocenters. The molecule has 1 saturated carbocycles. The first-order valence-corrected chi connectivity index (χ1v) is 8.13. The Morgan fingerprint density at radius 2 is 1.82 bits per heavy atom. The average Bonchev–Trinajstić information content (AvgIpc) is 2.68. The van der Waals surface area contributed by atoms with Crippen molar-refractivity contribution in [1.82, 2.24) is 0 Å². The van der Waals surface area contributed by atoms with Gasteiger partial charge in [-0.05, 0) is 38.5 Å². The molecule has 17 heavy (non-hydrogen) atoms. The maximum absolute atomic E-state index is 12.6. The molecule has 5 atom stereocenters. The maximum atomic E-state index is 12.6. The van der Waals surface area contributed by atoms with Crippen LogP contribution in [-0.4, -0.2) is 37.7 Å². The van der Waals surface area contributed by atoms with Gasteiger partial charge in [-0.1, -0.05) is 6.92 Å². The van der Waals surface area contributed by atoms with Crippen LogP contribution in [0.15, 0.2) is 0 Å². The summed E-state index contributed by atoms with van der Waals surface area (Å²) < 4.78 is 30.6. The summed E-state index contributed by atoms with van der Waals surface area (Å²) in [4.78, 5) is 0. The Morgan fingerprint density at radius 1 is 1.12 bits per heavy atom. The van der Waals surface area contributed by atoms with E-state index in [9.17, 15) is 8.42 Å². The largest absolute Gasteiger partial charge is 0.377 e. The summed E-state index contributed by atoms with van der Waals surface area (Å²) in [6.07, 6.45) is 3.04. The van der Waals surface area contributed by atoms with E-state index < -0.39 is 9.84 Å². The van der Waals surface area contributed by atoms with Crippen molar-refractivity contribution in [2.45, 2.75) is 62.2 Å². The summed E-state index contributed by atoms with van der Waals surface area (Å²) in [5, 5.41) is -0.704. The standard InChI is InChI=1S/C12H23NO3S/c1-8-3-4-10(13)12(7-8)17(14,15)11-5-6-16-9(11)2/h8-12H,3-7,13H2,1-2H3. The lowest BCUT2D eigenvalue weighted by molar-refractivity contribution is 0.126. The highest BCUT2D eigenvalue weighted by Crippen LogP contribution is 2.33. The van der Waals surface area contributed by atoms with Crippen LogP contribution in [0, 0.1) is 5.92 Å². The lowest BCUT2D eigenvalue weighted by Gasteiger charge is -2.34. The van der Waals surface area contributed by atoms with Crippen molar-refractivity contribution in [2.24, 2.45) is 11.7 Å². The molecule has 100 valence electrons. The predicted octanol–water partition coefficient (Wildman–Crippen LogP) is 1.09. The second-order valence-corrected chi connectivity index (χ2v) is 8.00. The first kappa shape index (κ1) is 13.3. The minimum atomic E-state index is -3.14. The molecule has 1 aliphatic heterocycles. The Hall–Kier alpha value is -0.130. The predicted molar refractivity (Wildman–Crippen MR) is 67.5 cm³/mol. The van der Waals surface area contributed by atoms with Gasteiger partial charge in [0.2, 0.25) is 0 Å². The third-order valence-corrected chi connectivity index (χ3v) is 7.10. The van der Waals surface area contributed by atoms with Crippen LogP contribution in [0.4, 0.5) is 0 Å². The van der Waals surface area contributed by atoms with Gasteiger partial charge in [-0.25, -0.2) is 8.42 Å². The van der Waals surface area contributed by atoms with Crippen LogP contribution >= 0.6 is 0 Å². The average molecular weight is 261 g/mol. The van der Waals surface area contributed by atoms with Crippen molar-refractivity contribution >= 4 is 9.84 Å². The molecular formula is C12H23NO3S. The topological polar surface area (TPSA) is 69.4 Å². The third kappa shape index (κ3) is 2.51. The van der Waals surface area contributed by atoms with Gasteiger partial charge >= 0.3 is 0 Å². The van der Waals surface area contributed by atoms with Crippen LogP contribution in [0.1, 0.15) is 39.5 Å². The van der Waals surface area contributed by atoms with Crippen molar-refractivity contribution in [3.8, 4) is 0 Å². The van der Waals surface area contributed by atoms with Crippen molar-refractivity contribution < 1.29 is 13.2 Å². The fourth-order valence-electron chi connectivity index (χ4n) is 3.10. The second kappa shape index (κ2) is 4.86. The van der Waals surface area contributed by atoms with Crippen molar-refractivity contribution in [1.29, 1.82) is 0 Å². The molecule has 2 aliphatic rings. The minimum Gasteiger partial charge on any atom is -0.377 e. The first-order valence-electron chi connectivity index (χ1n) is 6.53. The normalized spacial score (nSPS) is 43.8. The van der Waals surface area contributed by atoms with Gasteiger partial charge in [0.1, 0.15) is 0 Å². The van der Waals surface area contributed by atoms with Gasteiger partial charge in [-0.15, -0.1) is 0 Å². The van der Waals surface area contributed by atoms with Gasteiger partial charge in [0.15, 0.2) is 9.84 Å². The Morgan fingerprint density at radius 3 is 2.41 bits per heavy atom. The highest BCUT2D eigenvalue weighted by molar-refractivity contribution is 7.92. The van der Waals surface area contributed by atoms with E-state index in [1.807, 2.05) is 6.92 Å². The Labute approximate surface area is 104 Å². The molecule has 1 heterocycles. The van der Waals surface area contributed by atoms with Gasteiger partial charge in [-0.2, -0.15) is 0 Å². The molecule has 2 rings (SSSR count). The van der Waals surface area contributed by atoms with Crippen LogP contribution in [0.3, 0.4) is 0 Å². The van der Waals surface area contributed by atoms with Gasteiger partial charge in [0, 0.05) is 12.6 Å². The van der Waals surface area contributed by atoms with Gasteiger partial charge in [0.05, 0.1) is 16.6 Å². The van der Waals surface area contributed by atoms with Crippen LogP contribution in [0.2, 0.25) is 0 Å². The molecule has 1 saturated heterocycles. The lowest BCUT2D eigenvalue weighted by Crippen LogP contribution is -2.49. The summed E-state index contributed by atoms with van der Waals surface area (Å²) in [5.74, 6) is 0.465. The summed E-state index contributed by atoms with van der Waals surface area (Å²) in [6.45, 7) is 4.53. The van der Waals surface area contributed by atoms with E-state index in [-0.39, 0.29) is 22.6 Å². The zero-order valence-corrected chi connectivity index (χ0v) is 11.4. The van der Waals surface area contributed by atoms with Crippen molar-refractivity contribution in [2.75, 3.05) is 6.61 Å². The number of nitrogens with two attached hydrogens (primary N) is 1. The van der Waals surface area contributed by atoms with E-state index in [1.165, 1.54) is 0 Å². The van der Waals surface area contributed by atoms with E-state index in [2.05, 4.69) is 6.92 Å². The molecule has 2 N–H and O–H groups in total. The van der Waals surface area contributed by atoms with Crippen LogP contribution in [0.5, 0.6) is 0 Å². The number of hydrogen-bond acceptors (Lipinski definition) is 4. The molecule has 0 aromatic carbocycles. The summed E-state index contributed by atoms with van der Waals surface area (Å²) in [5.41, 5.74) is 6.02. The Balaban J connectivity index is 2.19. The molecule has 0 aromatic heterocycles. The molecule has 0 amide bonds. The van der Waals surface area contributed by atoms with Gasteiger partial charge in [0.25, 0.3) is 0 Å². The Kier molecular flexibility index (Phi) is 3.80. The number of sulfone groups is 1. The molecule has 0 aromatic rings. The summed E-state index contributed by atoms with van der Waals surface area (Å²) in [6, 6.07) is -0.191. The van der Waals surface area contributed by atoms with Crippen LogP contribution in [-0.2, 0) is 14.6 Å². The molecule has 0 bridgehead atoms. The van der Waals surface area contributed by atoms with E-state index in [4.69, 9.17) is 10.5 Å². The van der Waals surface area contributed by atoms with Crippen LogP contribution < -0.4 is 5.73 Å². The molecule has 0 radical (unpaired) electrons. The second-order valence-electron chi connectivity index (χ2n) is 5.61. The maximum Gasteiger partial charge on any atom is 0.160 e. The fourth-order valence-corrected chi connectivity index (χ4v) is 5.80. The molecular weight excluding hydrogens is 238 g/mol. The Bertz CT molecular complexity index is 368. The molecule has 0 spiro atoms. The highest BCUT2D eigenvalue weighted by Gasteiger charge is 2.44. The fraction of sp³-hybridized carbons (Fsp3) is 1.00. The van der Waals surface area contributed by atoms with E-state index in [0.29, 0.717) is 25.4 Å². The lowest BCUT2D eigenvalue weighted by atomic mass is 9.87. The quantitative estimate of drug-likeness (QED) is 0.808. The van der Waals surface area contributed by atoms with Crippen LogP contribution in [0.25, 0.3) is 0 Å². The number of ether oxygens (including phenoxy) is 1. The first-order chi connectivity index (χ1) is 7.93. The molecule has 4 nitrogen and oxygen atoms in total. The SMILES string of the molecule is CC1CCC(N)C(S(=O)(=O)C2CCOC2C)C1. The van der Waals surface area contributed by atoms with E-state index >= 15 is 0 Å². The molecule has 2 fully saturated rings. The summed E-state index contributed by atoms with van der Waals surface area (Å²) >= 11 is 0. The molecule has 1 aliphatic carbocycles. The van der Waals surface area contributed by atoms with Crippen molar-refractivity contribution in [3.05, 3.63) is 0 Å². The van der Waals surface area contributed by atoms with Crippen molar-refractivity contribution in [3.63, 3.8) is 0 Å². The zero-order chi connectivity index (χ0) is 12.6. The smallest absolute Gasteiger partial charge is 0.160 e. The van der Waals surface area contributed by atoms with Gasteiger partial charge in [-0.3, -0.25) is 0 Å². The molecule has 5 heteroatoms. The zero-order valence-electron chi connectivity index (χ0n) is 10.6. The summed E-state index contributed by atoms with van der Waals surface area (Å²) in [7, 11) is -3.14. The van der Waals surface area contributed by atoms with E-state index in [0.717, 1.165) is 12.8 Å². The number of hydrogen-bond donors (Lipinski definition) is 1. The van der Waals surface area contributed by atoms with Gasteiger partial charge < -0.3 is 10.5 Å². The monoisotopic (exact) mass is 261 g/mol. The number of rotatable bonds is 2. The van der Waals surface area contributed by atoms with E-state index in [1.54, 1.807) is 0 Å². The minimum absolute atomic E-state index is 0.176.